The minimum absolute atomic E-state index is 0. The zero-order chi connectivity index (χ0) is 54.9. The van der Waals surface area contributed by atoms with Gasteiger partial charge in [-0.2, -0.15) is 21.9 Å². The Hall–Kier alpha value is -6.72. The second-order valence-electron chi connectivity index (χ2n) is 16.3. The fourth-order valence-corrected chi connectivity index (χ4v) is 9.69. The van der Waals surface area contributed by atoms with Crippen LogP contribution in [0.3, 0.4) is 0 Å². The van der Waals surface area contributed by atoms with Gasteiger partial charge in [-0.3, -0.25) is 18.9 Å². The molecule has 4 N–H and O–H groups in total. The average Bonchev–Trinajstić information content (AvgIpc) is 3.40. The third kappa shape index (κ3) is 14.5. The Morgan fingerprint density at radius 1 is 0.597 bits per heavy atom. The van der Waals surface area contributed by atoms with E-state index in [1.807, 2.05) is 13.8 Å². The van der Waals surface area contributed by atoms with Crippen LogP contribution in [0.1, 0.15) is 54.7 Å². The number of aryl methyl sites for hydroxylation is 2. The summed E-state index contributed by atoms with van der Waals surface area (Å²) in [5.74, 6) is -1.53. The van der Waals surface area contributed by atoms with Crippen molar-refractivity contribution in [1.29, 1.82) is 0 Å². The molecule has 0 aromatic heterocycles. The quantitative estimate of drug-likeness (QED) is 0.0231. The summed E-state index contributed by atoms with van der Waals surface area (Å²) in [6, 6.07) is 35.4. The van der Waals surface area contributed by atoms with E-state index < -0.39 is 53.3 Å². The maximum atomic E-state index is 13.4. The molecule has 0 spiro atoms. The van der Waals surface area contributed by atoms with Crippen molar-refractivity contribution in [1.82, 2.24) is 0 Å². The van der Waals surface area contributed by atoms with Crippen molar-refractivity contribution in [3.63, 3.8) is 0 Å². The van der Waals surface area contributed by atoms with Gasteiger partial charge in [0.15, 0.2) is 5.75 Å². The van der Waals surface area contributed by atoms with Crippen LogP contribution in [0.15, 0.2) is 169 Å². The summed E-state index contributed by atoms with van der Waals surface area (Å²) in [5.41, 5.74) is 0.649. The minimum atomic E-state index is -4.71. The number of amides is 1. The van der Waals surface area contributed by atoms with Gasteiger partial charge < -0.3 is 30.1 Å². The van der Waals surface area contributed by atoms with Crippen molar-refractivity contribution in [3.05, 3.63) is 166 Å². The van der Waals surface area contributed by atoms with Crippen LogP contribution in [0.4, 0.5) is 34.1 Å². The van der Waals surface area contributed by atoms with E-state index in [9.17, 15) is 46.1 Å². The topological polar surface area (TPSA) is 284 Å². The predicted octanol–water partition coefficient (Wildman–Crippen LogP) is 12.3. The van der Waals surface area contributed by atoms with Crippen molar-refractivity contribution in [3.8, 4) is 23.0 Å². The Balaban J connectivity index is 0.000000246. The van der Waals surface area contributed by atoms with Gasteiger partial charge in [0.25, 0.3) is 26.1 Å². The van der Waals surface area contributed by atoms with Gasteiger partial charge in [0.05, 0.1) is 40.2 Å². The number of benzene rings is 8. The summed E-state index contributed by atoms with van der Waals surface area (Å²) in [6.07, 6.45) is 0.922. The monoisotopic (exact) mass is 1140 g/mol. The van der Waals surface area contributed by atoms with Gasteiger partial charge in [-0.1, -0.05) is 103 Å². The number of anilines is 1. The number of carbonyl (C=O) groups excluding carboxylic acids is 1. The number of fused-ring (bicyclic) bond motifs is 2. The second-order valence-corrected chi connectivity index (χ2v) is 19.9. The molecule has 18 nitrogen and oxygen atoms in total. The SMILES string of the molecule is CCOc1cccc(N=C([O-])c2cc3ccccc3c(N=Nc3c(Cl)cc(CC)cc3S(=O)(=O)O)c2[O-])c1.CCOc1cccc(NC(=O)c2cc3ccccc3c(N=Nc3c(Cl)cc(CC)cc3S(=O)(=O)O)c2O)c1.[Ca+2]. The maximum Gasteiger partial charge on any atom is 2.00 e. The molecule has 1 amide bonds. The number of phenolic OH excluding ortho intramolecular Hbond substituents is 1. The van der Waals surface area contributed by atoms with Crippen LogP contribution in [-0.2, 0) is 33.1 Å². The first-order valence-electron chi connectivity index (χ1n) is 23.2. The van der Waals surface area contributed by atoms with E-state index in [4.69, 9.17) is 32.7 Å². The average molecular weight is 1150 g/mol. The zero-order valence-corrected chi connectivity index (χ0v) is 46.9. The molecule has 0 aliphatic rings. The van der Waals surface area contributed by atoms with Crippen LogP contribution in [-0.4, -0.2) is 93.8 Å². The number of hydrogen-bond acceptors (Lipinski definition) is 15. The number of aliphatic imine (C=N–C) groups is 1. The van der Waals surface area contributed by atoms with E-state index in [1.54, 1.807) is 111 Å². The Bertz CT molecular complexity index is 3860. The number of nitrogens with zero attached hydrogens (tertiary/aromatic N) is 5. The van der Waals surface area contributed by atoms with E-state index in [-0.39, 0.29) is 81.7 Å². The number of phenols is 1. The van der Waals surface area contributed by atoms with Crippen LogP contribution >= 0.6 is 23.2 Å². The molecule has 0 unspecified atom stereocenters. The van der Waals surface area contributed by atoms with Crippen LogP contribution < -0.4 is 25.0 Å². The minimum Gasteiger partial charge on any atom is -0.871 e. The van der Waals surface area contributed by atoms with E-state index in [0.29, 0.717) is 81.6 Å². The molecule has 8 rings (SSSR count). The molecule has 0 saturated carbocycles. The van der Waals surface area contributed by atoms with Gasteiger partial charge in [0.2, 0.25) is 0 Å². The van der Waals surface area contributed by atoms with E-state index in [2.05, 4.69) is 30.8 Å². The fourth-order valence-electron chi connectivity index (χ4n) is 7.63. The Kier molecular flexibility index (Phi) is 20.2. The van der Waals surface area contributed by atoms with Gasteiger partial charge in [-0.05, 0) is 121 Å². The number of carbonyl (C=O) groups is 1. The zero-order valence-electron chi connectivity index (χ0n) is 41.6. The number of ether oxygens (including phenoxy) is 2. The summed E-state index contributed by atoms with van der Waals surface area (Å²) in [5, 5.41) is 58.2. The van der Waals surface area contributed by atoms with Crippen molar-refractivity contribution in [2.45, 2.75) is 50.3 Å². The third-order valence-electron chi connectivity index (χ3n) is 11.3. The van der Waals surface area contributed by atoms with E-state index in [0.717, 1.165) is 0 Å². The molecule has 23 heteroatoms. The molecule has 8 aromatic carbocycles. The summed E-state index contributed by atoms with van der Waals surface area (Å²) in [6.45, 7) is 8.16. The molecule has 0 fully saturated rings. The molecule has 0 heterocycles. The van der Waals surface area contributed by atoms with Crippen molar-refractivity contribution in [2.24, 2.45) is 25.4 Å². The molecule has 0 radical (unpaired) electrons. The summed E-state index contributed by atoms with van der Waals surface area (Å²) < 4.78 is 78.5. The van der Waals surface area contributed by atoms with Crippen molar-refractivity contribution < 1.29 is 55.5 Å². The predicted molar refractivity (Wildman–Crippen MR) is 294 cm³/mol. The summed E-state index contributed by atoms with van der Waals surface area (Å²) in [7, 11) is -9.39. The molecular weight excluding hydrogens is 1100 g/mol. The Morgan fingerprint density at radius 3 is 1.58 bits per heavy atom. The molecule has 0 saturated heterocycles. The first-order valence-corrected chi connectivity index (χ1v) is 26.8. The van der Waals surface area contributed by atoms with Gasteiger partial charge in [0.1, 0.15) is 38.4 Å². The van der Waals surface area contributed by atoms with E-state index >= 15 is 0 Å². The van der Waals surface area contributed by atoms with Gasteiger partial charge in [0, 0.05) is 28.6 Å². The van der Waals surface area contributed by atoms with Crippen LogP contribution in [0.5, 0.6) is 23.0 Å². The smallest absolute Gasteiger partial charge is 0.871 e. The van der Waals surface area contributed by atoms with Crippen LogP contribution in [0.2, 0.25) is 10.0 Å². The van der Waals surface area contributed by atoms with Gasteiger partial charge in [-0.25, -0.2) is 0 Å². The molecule has 0 aliphatic heterocycles. The first-order chi connectivity index (χ1) is 36.2. The van der Waals surface area contributed by atoms with E-state index in [1.165, 1.54) is 36.4 Å². The van der Waals surface area contributed by atoms with Crippen molar-refractivity contribution in [2.75, 3.05) is 18.5 Å². The Labute approximate surface area is 483 Å². The molecule has 0 aliphatic carbocycles. The molecule has 392 valence electrons. The van der Waals surface area contributed by atoms with Crippen LogP contribution in [0.25, 0.3) is 21.5 Å². The van der Waals surface area contributed by atoms with Gasteiger partial charge >= 0.3 is 37.7 Å². The number of aromatic hydroxyl groups is 1. The standard InChI is InChI=1S/2C27H24ClN3O6S.Ca/c2*1-3-16-12-22(28)25(23(13-16)38(34,35)36)31-30-24-20-11-6-5-8-17(20)14-21(26(24)32)27(33)29-18-9-7-10-19(15-18)37-4-2;/h2*5-15,32H,3-4H2,1-2H3,(H,29,33)(H,34,35,36);/q;;+2/p-2. The Morgan fingerprint density at radius 2 is 1.06 bits per heavy atom. The number of halogens is 2. The number of azo groups is 2. The number of rotatable bonds is 16. The number of hydrogen-bond donors (Lipinski definition) is 4. The van der Waals surface area contributed by atoms with Gasteiger partial charge in [-0.15, -0.1) is 15.3 Å². The fraction of sp³-hybridized carbons (Fsp3) is 0.148. The molecule has 0 atom stereocenters. The maximum absolute atomic E-state index is 13.4. The van der Waals surface area contributed by atoms with Crippen molar-refractivity contribution >= 4 is 149 Å². The largest absolute Gasteiger partial charge is 2.00 e. The second kappa shape index (κ2) is 26.1. The molecular formula is C54H46CaCl2N6O12S2. The van der Waals surface area contributed by atoms with Crippen LogP contribution in [0, 0.1) is 0 Å². The molecule has 0 bridgehead atoms. The summed E-state index contributed by atoms with van der Waals surface area (Å²) in [4.78, 5) is 16.2. The number of nitrogens with one attached hydrogen (secondary N) is 1. The molecule has 8 aromatic rings. The molecule has 77 heavy (non-hydrogen) atoms. The summed E-state index contributed by atoms with van der Waals surface area (Å²) >= 11 is 12.5. The first kappa shape index (κ1) is 59.5. The third-order valence-corrected chi connectivity index (χ3v) is 13.6. The normalized spacial score (nSPS) is 11.9.